The van der Waals surface area contributed by atoms with Crippen molar-refractivity contribution >= 4 is 38.8 Å². The number of halogens is 1. The normalized spacial score (nSPS) is 10.2. The van der Waals surface area contributed by atoms with Crippen LogP contribution in [0.15, 0.2) is 28.1 Å². The van der Waals surface area contributed by atoms with E-state index in [-0.39, 0.29) is 5.69 Å². The molecule has 0 amide bonds. The van der Waals surface area contributed by atoms with Crippen molar-refractivity contribution in [2.24, 2.45) is 0 Å². The summed E-state index contributed by atoms with van der Waals surface area (Å²) >= 11 is 4.87. The number of anilines is 1. The molecule has 2 heterocycles. The Hall–Kier alpha value is -1.47. The zero-order chi connectivity index (χ0) is 12.4. The van der Waals surface area contributed by atoms with Crippen LogP contribution in [-0.2, 0) is 0 Å². The lowest BCUT2D eigenvalue weighted by atomic mass is 10.2. The van der Waals surface area contributed by atoms with E-state index >= 15 is 0 Å². The van der Waals surface area contributed by atoms with Crippen LogP contribution in [-0.4, -0.2) is 17.0 Å². The SMILES string of the molecule is CNc1cc([N+](=O)[O-])cc(-c2sccc2Br)n1. The second kappa shape index (κ2) is 4.80. The van der Waals surface area contributed by atoms with Crippen molar-refractivity contribution in [2.45, 2.75) is 0 Å². The van der Waals surface area contributed by atoms with Gasteiger partial charge >= 0.3 is 0 Å². The number of thiophene rings is 1. The molecule has 2 rings (SSSR count). The van der Waals surface area contributed by atoms with Crippen LogP contribution in [0.2, 0.25) is 0 Å². The molecular weight excluding hydrogens is 306 g/mol. The van der Waals surface area contributed by atoms with E-state index in [2.05, 4.69) is 26.2 Å². The van der Waals surface area contributed by atoms with Crippen LogP contribution in [0.4, 0.5) is 11.5 Å². The van der Waals surface area contributed by atoms with Crippen LogP contribution in [0.3, 0.4) is 0 Å². The predicted octanol–water partition coefficient (Wildman–Crippen LogP) is 3.52. The molecule has 0 aliphatic rings. The number of nitrogens with zero attached hydrogens (tertiary/aromatic N) is 2. The molecule has 0 bridgehead atoms. The maximum absolute atomic E-state index is 10.8. The summed E-state index contributed by atoms with van der Waals surface area (Å²) in [6.45, 7) is 0. The van der Waals surface area contributed by atoms with Gasteiger partial charge in [0.15, 0.2) is 0 Å². The Kier molecular flexibility index (Phi) is 3.39. The molecule has 5 nitrogen and oxygen atoms in total. The first-order chi connectivity index (χ1) is 8.11. The van der Waals surface area contributed by atoms with Crippen molar-refractivity contribution in [1.29, 1.82) is 0 Å². The Bertz CT molecular complexity index is 570. The molecule has 88 valence electrons. The number of pyridine rings is 1. The number of nitro groups is 1. The maximum atomic E-state index is 10.8. The van der Waals surface area contributed by atoms with Gasteiger partial charge in [-0.3, -0.25) is 10.1 Å². The van der Waals surface area contributed by atoms with Crippen LogP contribution in [0, 0.1) is 10.1 Å². The van der Waals surface area contributed by atoms with Gasteiger partial charge in [0.1, 0.15) is 5.82 Å². The zero-order valence-electron chi connectivity index (χ0n) is 8.81. The fourth-order valence-electron chi connectivity index (χ4n) is 1.34. The standard InChI is InChI=1S/C10H8BrN3O2S/c1-12-9-5-6(14(15)16)4-8(13-9)10-7(11)2-3-17-10/h2-5H,1H3,(H,12,13). The first kappa shape index (κ1) is 12.0. The second-order valence-electron chi connectivity index (χ2n) is 3.20. The fourth-order valence-corrected chi connectivity index (χ4v) is 2.88. The number of rotatable bonds is 3. The average Bonchev–Trinajstić information content (AvgIpc) is 2.74. The Balaban J connectivity index is 2.58. The van der Waals surface area contributed by atoms with Gasteiger partial charge in [-0.1, -0.05) is 0 Å². The van der Waals surface area contributed by atoms with Crippen LogP contribution < -0.4 is 5.32 Å². The summed E-state index contributed by atoms with van der Waals surface area (Å²) in [4.78, 5) is 15.6. The third-order valence-electron chi connectivity index (χ3n) is 2.13. The minimum absolute atomic E-state index is 0.0275. The van der Waals surface area contributed by atoms with Crippen molar-refractivity contribution in [3.63, 3.8) is 0 Å². The summed E-state index contributed by atoms with van der Waals surface area (Å²) < 4.78 is 0.887. The van der Waals surface area contributed by atoms with Crippen molar-refractivity contribution in [1.82, 2.24) is 4.98 Å². The van der Waals surface area contributed by atoms with Gasteiger partial charge in [0.25, 0.3) is 5.69 Å². The van der Waals surface area contributed by atoms with E-state index in [0.717, 1.165) is 9.35 Å². The third kappa shape index (κ3) is 2.45. The molecule has 0 saturated heterocycles. The minimum atomic E-state index is -0.423. The number of nitrogens with one attached hydrogen (secondary N) is 1. The summed E-state index contributed by atoms with van der Waals surface area (Å²) in [6, 6.07) is 4.77. The molecule has 0 fully saturated rings. The highest BCUT2D eigenvalue weighted by Crippen LogP contribution is 2.34. The lowest BCUT2D eigenvalue weighted by Crippen LogP contribution is -1.97. The fraction of sp³-hybridized carbons (Fsp3) is 0.100. The molecule has 17 heavy (non-hydrogen) atoms. The van der Waals surface area contributed by atoms with E-state index in [0.29, 0.717) is 11.5 Å². The van der Waals surface area contributed by atoms with Gasteiger partial charge in [0.2, 0.25) is 0 Å². The van der Waals surface area contributed by atoms with Gasteiger partial charge in [-0.2, -0.15) is 0 Å². The highest BCUT2D eigenvalue weighted by Gasteiger charge is 2.14. The smallest absolute Gasteiger partial charge is 0.275 e. The predicted molar refractivity (Wildman–Crippen MR) is 71.5 cm³/mol. The average molecular weight is 314 g/mol. The van der Waals surface area contributed by atoms with Crippen LogP contribution >= 0.6 is 27.3 Å². The highest BCUT2D eigenvalue weighted by molar-refractivity contribution is 9.10. The molecule has 0 radical (unpaired) electrons. The highest BCUT2D eigenvalue weighted by atomic mass is 79.9. The molecule has 2 aromatic rings. The van der Waals surface area contributed by atoms with E-state index in [4.69, 9.17) is 0 Å². The van der Waals surface area contributed by atoms with Gasteiger partial charge < -0.3 is 5.32 Å². The Morgan fingerprint density at radius 3 is 2.82 bits per heavy atom. The van der Waals surface area contributed by atoms with Crippen LogP contribution in [0.25, 0.3) is 10.6 Å². The summed E-state index contributed by atoms with van der Waals surface area (Å²) in [6.07, 6.45) is 0. The van der Waals surface area contributed by atoms with E-state index < -0.39 is 4.92 Å². The lowest BCUT2D eigenvalue weighted by molar-refractivity contribution is -0.384. The van der Waals surface area contributed by atoms with Crippen LogP contribution in [0.5, 0.6) is 0 Å². The molecule has 0 aromatic carbocycles. The molecular formula is C10H8BrN3O2S. The maximum Gasteiger partial charge on any atom is 0.275 e. The lowest BCUT2D eigenvalue weighted by Gasteiger charge is -2.03. The molecule has 1 N–H and O–H groups in total. The largest absolute Gasteiger partial charge is 0.373 e. The van der Waals surface area contributed by atoms with E-state index in [1.807, 2.05) is 11.4 Å². The molecule has 0 saturated carbocycles. The van der Waals surface area contributed by atoms with Crippen LogP contribution in [0.1, 0.15) is 0 Å². The van der Waals surface area contributed by atoms with E-state index in [1.54, 1.807) is 7.05 Å². The van der Waals surface area contributed by atoms with Crippen molar-refractivity contribution < 1.29 is 4.92 Å². The van der Waals surface area contributed by atoms with Crippen molar-refractivity contribution in [3.8, 4) is 10.6 Å². The molecule has 0 atom stereocenters. The first-order valence-electron chi connectivity index (χ1n) is 4.69. The summed E-state index contributed by atoms with van der Waals surface area (Å²) in [5.74, 6) is 0.481. The topological polar surface area (TPSA) is 68.1 Å². The van der Waals surface area contributed by atoms with E-state index in [9.17, 15) is 10.1 Å². The summed E-state index contributed by atoms with van der Waals surface area (Å²) in [5, 5.41) is 15.5. The van der Waals surface area contributed by atoms with Gasteiger partial charge in [-0.15, -0.1) is 11.3 Å². The quantitative estimate of drug-likeness (QED) is 0.695. The molecule has 7 heteroatoms. The zero-order valence-corrected chi connectivity index (χ0v) is 11.2. The second-order valence-corrected chi connectivity index (χ2v) is 4.97. The van der Waals surface area contributed by atoms with Gasteiger partial charge in [-0.05, 0) is 27.4 Å². The van der Waals surface area contributed by atoms with Crippen molar-refractivity contribution in [2.75, 3.05) is 12.4 Å². The molecule has 0 aliphatic heterocycles. The van der Waals surface area contributed by atoms with Gasteiger partial charge in [0.05, 0.1) is 21.6 Å². The molecule has 0 aliphatic carbocycles. The minimum Gasteiger partial charge on any atom is -0.373 e. The number of aromatic nitrogens is 1. The van der Waals surface area contributed by atoms with Crippen molar-refractivity contribution in [3.05, 3.63) is 38.2 Å². The number of hydrogen-bond donors (Lipinski definition) is 1. The monoisotopic (exact) mass is 313 g/mol. The summed E-state index contributed by atoms with van der Waals surface area (Å²) in [7, 11) is 1.68. The first-order valence-corrected chi connectivity index (χ1v) is 6.36. The van der Waals surface area contributed by atoms with E-state index in [1.165, 1.54) is 23.5 Å². The third-order valence-corrected chi connectivity index (χ3v) is 3.99. The van der Waals surface area contributed by atoms with Gasteiger partial charge in [-0.25, -0.2) is 4.98 Å². The molecule has 0 spiro atoms. The summed E-state index contributed by atoms with van der Waals surface area (Å²) in [5.41, 5.74) is 0.616. The Morgan fingerprint density at radius 2 is 2.29 bits per heavy atom. The Morgan fingerprint density at radius 1 is 1.53 bits per heavy atom. The number of hydrogen-bond acceptors (Lipinski definition) is 5. The van der Waals surface area contributed by atoms with Gasteiger partial charge in [0, 0.05) is 17.6 Å². The molecule has 2 aromatic heterocycles. The molecule has 0 unspecified atom stereocenters. The Labute approximate surface area is 110 Å².